The molecule has 0 radical (unpaired) electrons. The van der Waals surface area contributed by atoms with E-state index < -0.39 is 0 Å². The summed E-state index contributed by atoms with van der Waals surface area (Å²) in [6.07, 6.45) is 4.27. The first-order valence-electron chi connectivity index (χ1n) is 11.8. The first-order valence-corrected chi connectivity index (χ1v) is 11.8. The summed E-state index contributed by atoms with van der Waals surface area (Å²) in [5.41, 5.74) is 2.60. The van der Waals surface area contributed by atoms with Gasteiger partial charge in [0, 0.05) is 23.8 Å². The summed E-state index contributed by atoms with van der Waals surface area (Å²) < 4.78 is 12.6. The predicted molar refractivity (Wildman–Crippen MR) is 135 cm³/mol. The van der Waals surface area contributed by atoms with Crippen LogP contribution in [-0.4, -0.2) is 53.1 Å². The van der Waals surface area contributed by atoms with Crippen LogP contribution in [0.15, 0.2) is 54.7 Å². The highest BCUT2D eigenvalue weighted by Crippen LogP contribution is 2.38. The number of amides is 2. The summed E-state index contributed by atoms with van der Waals surface area (Å²) >= 11 is 0. The number of hydrogen-bond acceptors (Lipinski definition) is 5. The van der Waals surface area contributed by atoms with Gasteiger partial charge in [-0.3, -0.25) is 14.9 Å². The van der Waals surface area contributed by atoms with E-state index in [4.69, 9.17) is 9.47 Å². The van der Waals surface area contributed by atoms with E-state index in [0.717, 1.165) is 29.7 Å². The van der Waals surface area contributed by atoms with E-state index in [1.807, 2.05) is 61.0 Å². The molecular weight excluding hydrogens is 444 g/mol. The maximum atomic E-state index is 13.1. The quantitative estimate of drug-likeness (QED) is 0.471. The fourth-order valence-electron chi connectivity index (χ4n) is 4.01. The fourth-order valence-corrected chi connectivity index (χ4v) is 4.01. The van der Waals surface area contributed by atoms with Gasteiger partial charge in [-0.1, -0.05) is 36.4 Å². The molecule has 0 atom stereocenters. The monoisotopic (exact) mass is 476 g/mol. The maximum absolute atomic E-state index is 13.1. The van der Waals surface area contributed by atoms with Gasteiger partial charge in [0.25, 0.3) is 0 Å². The maximum Gasteiger partial charge on any atom is 0.246 e. The van der Waals surface area contributed by atoms with Crippen molar-refractivity contribution < 1.29 is 19.1 Å². The Hall–Kier alpha value is -3.81. The number of benzene rings is 2. The van der Waals surface area contributed by atoms with Crippen molar-refractivity contribution in [1.82, 2.24) is 14.5 Å². The van der Waals surface area contributed by atoms with Crippen LogP contribution >= 0.6 is 0 Å². The molecule has 1 saturated carbocycles. The largest absolute Gasteiger partial charge is 0.493 e. The lowest BCUT2D eigenvalue weighted by molar-refractivity contribution is -0.135. The molecule has 2 amide bonds. The van der Waals surface area contributed by atoms with E-state index in [9.17, 15) is 9.59 Å². The predicted octanol–water partition coefficient (Wildman–Crippen LogP) is 4.32. The van der Waals surface area contributed by atoms with Gasteiger partial charge < -0.3 is 18.9 Å². The number of imidazole rings is 1. The lowest BCUT2D eigenvalue weighted by Gasteiger charge is -2.26. The summed E-state index contributed by atoms with van der Waals surface area (Å²) in [5.74, 6) is 1.27. The molecule has 0 unspecified atom stereocenters. The van der Waals surface area contributed by atoms with Crippen LogP contribution in [0.4, 0.5) is 5.95 Å². The Bertz CT molecular complexity index is 1190. The van der Waals surface area contributed by atoms with Crippen LogP contribution < -0.4 is 14.8 Å². The summed E-state index contributed by atoms with van der Waals surface area (Å²) in [4.78, 5) is 32.4. The van der Waals surface area contributed by atoms with Crippen molar-refractivity contribution in [3.05, 3.63) is 60.3 Å². The summed E-state index contributed by atoms with van der Waals surface area (Å²) in [6, 6.07) is 15.5. The third-order valence-corrected chi connectivity index (χ3v) is 6.05. The number of nitrogens with zero attached hydrogens (tertiary/aromatic N) is 3. The minimum absolute atomic E-state index is 0.0536. The molecule has 1 aliphatic rings. The van der Waals surface area contributed by atoms with Crippen molar-refractivity contribution in [3.8, 4) is 22.8 Å². The molecule has 184 valence electrons. The van der Waals surface area contributed by atoms with Crippen molar-refractivity contribution in [1.29, 1.82) is 0 Å². The summed E-state index contributed by atoms with van der Waals surface area (Å²) in [6.45, 7) is 3.75. The molecule has 4 rings (SSSR count). The Morgan fingerprint density at radius 2 is 1.80 bits per heavy atom. The Balaban J connectivity index is 1.46. The Labute approximate surface area is 205 Å². The molecule has 0 bridgehead atoms. The number of nitrogens with one attached hydrogen (secondary N) is 1. The number of anilines is 1. The number of rotatable bonds is 10. The molecule has 2 aromatic carbocycles. The molecule has 1 N–H and O–H groups in total. The van der Waals surface area contributed by atoms with Crippen LogP contribution in [-0.2, 0) is 16.0 Å². The first kappa shape index (κ1) is 24.3. The van der Waals surface area contributed by atoms with E-state index in [-0.39, 0.29) is 30.8 Å². The highest BCUT2D eigenvalue weighted by atomic mass is 16.5. The second kappa shape index (κ2) is 10.6. The third-order valence-electron chi connectivity index (χ3n) is 6.05. The van der Waals surface area contributed by atoms with E-state index in [0.29, 0.717) is 23.5 Å². The molecule has 3 aromatic rings. The van der Waals surface area contributed by atoms with Gasteiger partial charge in [0.05, 0.1) is 26.3 Å². The number of aromatic nitrogens is 2. The second-order valence-electron chi connectivity index (χ2n) is 8.98. The normalized spacial score (nSPS) is 12.9. The van der Waals surface area contributed by atoms with Gasteiger partial charge in [0.15, 0.2) is 11.5 Å². The van der Waals surface area contributed by atoms with Crippen molar-refractivity contribution >= 4 is 17.8 Å². The molecule has 8 heteroatoms. The van der Waals surface area contributed by atoms with Gasteiger partial charge in [0.2, 0.25) is 17.8 Å². The zero-order chi connectivity index (χ0) is 24.9. The van der Waals surface area contributed by atoms with Gasteiger partial charge in [-0.05, 0) is 44.4 Å². The minimum Gasteiger partial charge on any atom is -0.493 e. The van der Waals surface area contributed by atoms with Crippen LogP contribution in [0.3, 0.4) is 0 Å². The molecule has 0 saturated heterocycles. The zero-order valence-corrected chi connectivity index (χ0v) is 20.7. The number of carbonyl (C=O) groups is 2. The van der Waals surface area contributed by atoms with Crippen LogP contribution in [0.25, 0.3) is 11.3 Å². The lowest BCUT2D eigenvalue weighted by Crippen LogP contribution is -2.43. The topological polar surface area (TPSA) is 85.7 Å². The number of hydrogen-bond donors (Lipinski definition) is 1. The SMILES string of the molecule is COc1ccc(CC(=O)N(CC(=O)Nc2nc(-c3ccccc3)cn2C2CC2)C(C)C)cc1OC. The van der Waals surface area contributed by atoms with Gasteiger partial charge in [-0.2, -0.15) is 0 Å². The standard InChI is InChI=1S/C27H32N4O4/c1-18(2)30(26(33)15-19-10-13-23(34-3)24(14-19)35-4)17-25(32)29-27-28-22(16-31(27)21-11-12-21)20-8-6-5-7-9-20/h5-10,13-14,16,18,21H,11-12,15,17H2,1-4H3,(H,28,29,32). The third kappa shape index (κ3) is 5.82. The molecule has 1 fully saturated rings. The van der Waals surface area contributed by atoms with E-state index >= 15 is 0 Å². The average Bonchev–Trinajstić information content (AvgIpc) is 3.62. The second-order valence-corrected chi connectivity index (χ2v) is 8.98. The highest BCUT2D eigenvalue weighted by Gasteiger charge is 2.28. The van der Waals surface area contributed by atoms with Crippen molar-refractivity contribution in [2.45, 2.75) is 45.2 Å². The fraction of sp³-hybridized carbons (Fsp3) is 0.370. The van der Waals surface area contributed by atoms with Crippen LogP contribution in [0, 0.1) is 0 Å². The smallest absolute Gasteiger partial charge is 0.246 e. The Morgan fingerprint density at radius 1 is 1.09 bits per heavy atom. The Kier molecular flexibility index (Phi) is 7.39. The van der Waals surface area contributed by atoms with Crippen LogP contribution in [0.5, 0.6) is 11.5 Å². The van der Waals surface area contributed by atoms with Crippen LogP contribution in [0.2, 0.25) is 0 Å². The summed E-state index contributed by atoms with van der Waals surface area (Å²) in [5, 5.41) is 2.94. The van der Waals surface area contributed by atoms with Crippen molar-refractivity contribution in [2.24, 2.45) is 0 Å². The van der Waals surface area contributed by atoms with E-state index in [1.54, 1.807) is 31.3 Å². The zero-order valence-electron chi connectivity index (χ0n) is 20.7. The van der Waals surface area contributed by atoms with Crippen molar-refractivity contribution in [3.63, 3.8) is 0 Å². The number of methoxy groups -OCH3 is 2. The molecule has 1 heterocycles. The van der Waals surface area contributed by atoms with E-state index in [1.165, 1.54) is 0 Å². The molecule has 35 heavy (non-hydrogen) atoms. The van der Waals surface area contributed by atoms with Gasteiger partial charge in [0.1, 0.15) is 6.54 Å². The number of carbonyl (C=O) groups excluding carboxylic acids is 2. The highest BCUT2D eigenvalue weighted by molar-refractivity contribution is 5.94. The van der Waals surface area contributed by atoms with Gasteiger partial charge >= 0.3 is 0 Å². The lowest BCUT2D eigenvalue weighted by atomic mass is 10.1. The molecule has 8 nitrogen and oxygen atoms in total. The molecule has 0 aliphatic heterocycles. The van der Waals surface area contributed by atoms with Crippen molar-refractivity contribution in [2.75, 3.05) is 26.1 Å². The van der Waals surface area contributed by atoms with Crippen LogP contribution in [0.1, 0.15) is 38.3 Å². The van der Waals surface area contributed by atoms with Gasteiger partial charge in [-0.15, -0.1) is 0 Å². The molecule has 1 aromatic heterocycles. The van der Waals surface area contributed by atoms with Gasteiger partial charge in [-0.25, -0.2) is 4.98 Å². The minimum atomic E-state index is -0.272. The Morgan fingerprint density at radius 3 is 2.43 bits per heavy atom. The number of ether oxygens (including phenoxy) is 2. The average molecular weight is 477 g/mol. The first-order chi connectivity index (χ1) is 16.9. The van der Waals surface area contributed by atoms with E-state index in [2.05, 4.69) is 10.3 Å². The molecule has 1 aliphatic carbocycles. The molecular formula is C27H32N4O4. The molecule has 0 spiro atoms. The summed E-state index contributed by atoms with van der Waals surface area (Å²) in [7, 11) is 3.13.